The zero-order chi connectivity index (χ0) is 14.1. The van der Waals surface area contributed by atoms with E-state index in [0.717, 1.165) is 0 Å². The molecule has 6 nitrogen and oxygen atoms in total. The van der Waals surface area contributed by atoms with Crippen LogP contribution in [-0.4, -0.2) is 54.4 Å². The molecule has 0 aromatic rings. The van der Waals surface area contributed by atoms with Gasteiger partial charge < -0.3 is 24.6 Å². The molecule has 19 heavy (non-hydrogen) atoms. The maximum absolute atomic E-state index is 11.7. The molecule has 2 rings (SSSR count). The Morgan fingerprint density at radius 1 is 1.37 bits per heavy atom. The zero-order valence-corrected chi connectivity index (χ0v) is 11.8. The highest BCUT2D eigenvalue weighted by Gasteiger charge is 2.50. The third-order valence-electron chi connectivity index (χ3n) is 3.51. The number of ether oxygens (including phenoxy) is 3. The fourth-order valence-corrected chi connectivity index (χ4v) is 2.54. The van der Waals surface area contributed by atoms with Crippen molar-refractivity contribution in [1.29, 1.82) is 0 Å². The number of aliphatic hydroxyl groups excluding tert-OH is 1. The average molecular weight is 273 g/mol. The fourth-order valence-electron chi connectivity index (χ4n) is 2.54. The third kappa shape index (κ3) is 3.38. The van der Waals surface area contributed by atoms with E-state index in [2.05, 4.69) is 5.32 Å². The van der Waals surface area contributed by atoms with Crippen molar-refractivity contribution in [3.8, 4) is 0 Å². The lowest BCUT2D eigenvalue weighted by Gasteiger charge is -2.35. The Kier molecular flexibility index (Phi) is 4.03. The first kappa shape index (κ1) is 14.6. The standard InChI is InChI=1S/C13H23NO5/c1-12(2,3)19-11(16)14-9-8-18-13(10(9)15)4-6-17-7-5-13/h9-10,15H,4-8H2,1-3H3,(H,14,16)/t9-,10+/m1/s1. The molecule has 2 fully saturated rings. The normalized spacial score (nSPS) is 30.3. The molecule has 2 atom stereocenters. The van der Waals surface area contributed by atoms with Crippen LogP contribution < -0.4 is 5.32 Å². The van der Waals surface area contributed by atoms with E-state index < -0.39 is 29.4 Å². The second kappa shape index (κ2) is 5.26. The Labute approximate surface area is 113 Å². The summed E-state index contributed by atoms with van der Waals surface area (Å²) in [5.41, 5.74) is -1.12. The van der Waals surface area contributed by atoms with Crippen LogP contribution in [0.1, 0.15) is 33.6 Å². The Morgan fingerprint density at radius 3 is 2.58 bits per heavy atom. The van der Waals surface area contributed by atoms with Crippen molar-refractivity contribution in [3.63, 3.8) is 0 Å². The van der Waals surface area contributed by atoms with Gasteiger partial charge in [0.1, 0.15) is 17.3 Å². The van der Waals surface area contributed by atoms with Crippen LogP contribution in [0.4, 0.5) is 4.79 Å². The summed E-state index contributed by atoms with van der Waals surface area (Å²) in [6.45, 7) is 6.86. The molecule has 1 amide bonds. The van der Waals surface area contributed by atoms with Crippen LogP contribution in [0.15, 0.2) is 0 Å². The summed E-state index contributed by atoms with van der Waals surface area (Å²) < 4.78 is 16.2. The highest BCUT2D eigenvalue weighted by molar-refractivity contribution is 5.68. The molecule has 0 saturated carbocycles. The first-order valence-corrected chi connectivity index (χ1v) is 6.72. The highest BCUT2D eigenvalue weighted by Crippen LogP contribution is 2.35. The third-order valence-corrected chi connectivity index (χ3v) is 3.51. The first-order chi connectivity index (χ1) is 8.82. The number of rotatable bonds is 1. The number of carbonyl (C=O) groups is 1. The molecule has 2 heterocycles. The van der Waals surface area contributed by atoms with E-state index in [1.54, 1.807) is 20.8 Å². The summed E-state index contributed by atoms with van der Waals surface area (Å²) in [5, 5.41) is 13.0. The lowest BCUT2D eigenvalue weighted by Crippen LogP contribution is -2.52. The summed E-state index contributed by atoms with van der Waals surface area (Å²) in [7, 11) is 0. The van der Waals surface area contributed by atoms with Crippen molar-refractivity contribution in [2.24, 2.45) is 0 Å². The SMILES string of the molecule is CC(C)(C)OC(=O)N[C@@H]1COC2(CCOCC2)[C@H]1O. The first-order valence-electron chi connectivity index (χ1n) is 6.72. The van der Waals surface area contributed by atoms with Gasteiger partial charge in [0.05, 0.1) is 12.6 Å². The van der Waals surface area contributed by atoms with Gasteiger partial charge in [0, 0.05) is 26.1 Å². The van der Waals surface area contributed by atoms with Crippen LogP contribution in [0.5, 0.6) is 0 Å². The molecule has 2 aliphatic heterocycles. The maximum Gasteiger partial charge on any atom is 0.408 e. The minimum atomic E-state index is -0.719. The van der Waals surface area contributed by atoms with Gasteiger partial charge >= 0.3 is 6.09 Å². The topological polar surface area (TPSA) is 77.0 Å². The van der Waals surface area contributed by atoms with Crippen molar-refractivity contribution < 1.29 is 24.1 Å². The summed E-state index contributed by atoms with van der Waals surface area (Å²) in [4.78, 5) is 11.7. The number of nitrogens with one attached hydrogen (secondary N) is 1. The molecule has 0 aromatic carbocycles. The minimum Gasteiger partial charge on any atom is -0.444 e. The smallest absolute Gasteiger partial charge is 0.408 e. The number of carbonyl (C=O) groups excluding carboxylic acids is 1. The van der Waals surface area contributed by atoms with Crippen LogP contribution in [0.2, 0.25) is 0 Å². The van der Waals surface area contributed by atoms with Gasteiger partial charge in [0.2, 0.25) is 0 Å². The van der Waals surface area contributed by atoms with E-state index in [-0.39, 0.29) is 0 Å². The molecule has 2 N–H and O–H groups in total. The molecule has 0 bridgehead atoms. The predicted octanol–water partition coefficient (Wildman–Crippen LogP) is 0.820. The van der Waals surface area contributed by atoms with Crippen LogP contribution >= 0.6 is 0 Å². The molecule has 6 heteroatoms. The van der Waals surface area contributed by atoms with Crippen LogP contribution in [0.25, 0.3) is 0 Å². The molecular formula is C13H23NO5. The molecular weight excluding hydrogens is 250 g/mol. The molecule has 0 radical (unpaired) electrons. The van der Waals surface area contributed by atoms with Gasteiger partial charge in [-0.2, -0.15) is 0 Å². The van der Waals surface area contributed by atoms with Crippen molar-refractivity contribution >= 4 is 6.09 Å². The van der Waals surface area contributed by atoms with Crippen LogP contribution in [0.3, 0.4) is 0 Å². The van der Waals surface area contributed by atoms with Crippen LogP contribution in [-0.2, 0) is 14.2 Å². The van der Waals surface area contributed by atoms with Crippen molar-refractivity contribution in [2.45, 2.75) is 57.0 Å². The quantitative estimate of drug-likeness (QED) is 0.739. The van der Waals surface area contributed by atoms with E-state index in [0.29, 0.717) is 32.7 Å². The van der Waals surface area contributed by atoms with E-state index in [9.17, 15) is 9.90 Å². The number of hydrogen-bond acceptors (Lipinski definition) is 5. The second-order valence-corrected chi connectivity index (χ2v) is 6.19. The molecule has 110 valence electrons. The fraction of sp³-hybridized carbons (Fsp3) is 0.923. The zero-order valence-electron chi connectivity index (χ0n) is 11.8. The Hall–Kier alpha value is -0.850. The lowest BCUT2D eigenvalue weighted by atomic mass is 9.87. The minimum absolute atomic E-state index is 0.306. The van der Waals surface area contributed by atoms with Crippen molar-refractivity contribution in [1.82, 2.24) is 5.32 Å². The lowest BCUT2D eigenvalue weighted by molar-refractivity contribution is -0.120. The van der Waals surface area contributed by atoms with Gasteiger partial charge in [-0.05, 0) is 20.8 Å². The van der Waals surface area contributed by atoms with Crippen molar-refractivity contribution in [3.05, 3.63) is 0 Å². The summed E-state index contributed by atoms with van der Waals surface area (Å²) in [6, 6.07) is -0.423. The summed E-state index contributed by atoms with van der Waals surface area (Å²) >= 11 is 0. The average Bonchev–Trinajstić information content (AvgIpc) is 2.57. The second-order valence-electron chi connectivity index (χ2n) is 6.19. The Morgan fingerprint density at radius 2 is 2.00 bits per heavy atom. The van der Waals surface area contributed by atoms with Gasteiger partial charge in [-0.25, -0.2) is 4.79 Å². The number of aliphatic hydroxyl groups is 1. The largest absolute Gasteiger partial charge is 0.444 e. The maximum atomic E-state index is 11.7. The highest BCUT2D eigenvalue weighted by atomic mass is 16.6. The Balaban J connectivity index is 1.91. The Bertz CT molecular complexity index is 332. The predicted molar refractivity (Wildman–Crippen MR) is 67.9 cm³/mol. The summed E-state index contributed by atoms with van der Waals surface area (Å²) in [6.07, 6.45) is 0.0644. The monoisotopic (exact) mass is 273 g/mol. The number of amides is 1. The van der Waals surface area contributed by atoms with Gasteiger partial charge in [-0.1, -0.05) is 0 Å². The van der Waals surface area contributed by atoms with E-state index >= 15 is 0 Å². The summed E-state index contributed by atoms with van der Waals surface area (Å²) in [5.74, 6) is 0. The molecule has 0 aliphatic carbocycles. The van der Waals surface area contributed by atoms with Gasteiger partial charge in [-0.3, -0.25) is 0 Å². The van der Waals surface area contributed by atoms with E-state index in [1.165, 1.54) is 0 Å². The van der Waals surface area contributed by atoms with E-state index in [4.69, 9.17) is 14.2 Å². The van der Waals surface area contributed by atoms with Gasteiger partial charge in [-0.15, -0.1) is 0 Å². The van der Waals surface area contributed by atoms with E-state index in [1.807, 2.05) is 0 Å². The van der Waals surface area contributed by atoms with Gasteiger partial charge in [0.25, 0.3) is 0 Å². The molecule has 2 saturated heterocycles. The van der Waals surface area contributed by atoms with Crippen LogP contribution in [0, 0.1) is 0 Å². The number of alkyl carbamates (subject to hydrolysis) is 1. The molecule has 0 aromatic heterocycles. The van der Waals surface area contributed by atoms with Gasteiger partial charge in [0.15, 0.2) is 0 Å². The van der Waals surface area contributed by atoms with Crippen molar-refractivity contribution in [2.75, 3.05) is 19.8 Å². The number of hydrogen-bond donors (Lipinski definition) is 2. The molecule has 0 unspecified atom stereocenters. The molecule has 1 spiro atoms. The molecule has 2 aliphatic rings.